The fraction of sp³-hybridized carbons (Fsp3) is 0.714. The number of hydrogen-bond acceptors (Lipinski definition) is 6. The monoisotopic (exact) mass is 216 g/mol. The molecule has 0 radical (unpaired) electrons. The lowest BCUT2D eigenvalue weighted by atomic mass is 10.3. The molecule has 84 valence electrons. The van der Waals surface area contributed by atoms with Crippen molar-refractivity contribution in [3.63, 3.8) is 0 Å². The van der Waals surface area contributed by atoms with Gasteiger partial charge in [0.1, 0.15) is 0 Å². The van der Waals surface area contributed by atoms with Crippen LogP contribution in [-0.4, -0.2) is 60.1 Å². The minimum Gasteiger partial charge on any atom is -0.378 e. The van der Waals surface area contributed by atoms with Crippen molar-refractivity contribution in [2.45, 2.75) is 0 Å². The van der Waals surface area contributed by atoms with Crippen molar-refractivity contribution in [2.24, 2.45) is 10.1 Å². The maximum Gasteiger partial charge on any atom is 0.451 e. The molecule has 1 aliphatic heterocycles. The second-order valence-corrected chi connectivity index (χ2v) is 2.83. The summed E-state index contributed by atoms with van der Waals surface area (Å²) in [6, 6.07) is 0. The third-order valence-corrected chi connectivity index (χ3v) is 1.99. The lowest BCUT2D eigenvalue weighted by Crippen LogP contribution is -2.46. The van der Waals surface area contributed by atoms with Crippen LogP contribution in [-0.2, 0) is 4.74 Å². The van der Waals surface area contributed by atoms with E-state index < -0.39 is 10.8 Å². The third kappa shape index (κ3) is 2.62. The predicted octanol–water partition coefficient (Wildman–Crippen LogP) is -0.589. The molecule has 8 nitrogen and oxygen atoms in total. The van der Waals surface area contributed by atoms with Gasteiger partial charge in [0.15, 0.2) is 5.16 Å². The van der Waals surface area contributed by atoms with Gasteiger partial charge in [-0.05, 0) is 4.92 Å². The van der Waals surface area contributed by atoms with Gasteiger partial charge in [-0.3, -0.25) is 4.99 Å². The van der Waals surface area contributed by atoms with Crippen LogP contribution < -0.4 is 0 Å². The number of aliphatic imine (C=N–C) groups is 1. The molecule has 0 bridgehead atoms. The Morgan fingerprint density at radius 2 is 2.13 bits per heavy atom. The Morgan fingerprint density at radius 1 is 1.53 bits per heavy atom. The predicted molar refractivity (Wildman–Crippen MR) is 52.0 cm³/mol. The van der Waals surface area contributed by atoms with Crippen LogP contribution in [0, 0.1) is 10.1 Å². The highest BCUT2D eigenvalue weighted by molar-refractivity contribution is 6.36. The maximum absolute atomic E-state index is 10.5. The second kappa shape index (κ2) is 5.25. The number of ether oxygens (including phenoxy) is 1. The zero-order chi connectivity index (χ0) is 11.3. The van der Waals surface area contributed by atoms with Gasteiger partial charge in [-0.2, -0.15) is 0 Å². The summed E-state index contributed by atoms with van der Waals surface area (Å²) in [6.07, 6.45) is 0. The molecular weight excluding hydrogens is 204 g/mol. The first kappa shape index (κ1) is 11.4. The van der Waals surface area contributed by atoms with Crippen molar-refractivity contribution in [3.8, 4) is 0 Å². The molecule has 0 aromatic carbocycles. The minimum atomic E-state index is -0.766. The first-order valence-electron chi connectivity index (χ1n) is 4.37. The van der Waals surface area contributed by atoms with Gasteiger partial charge in [0.2, 0.25) is 5.84 Å². The summed E-state index contributed by atoms with van der Waals surface area (Å²) in [7, 11) is 1.42. The molecule has 0 saturated carbocycles. The average molecular weight is 216 g/mol. The SMILES string of the molecule is CN=C(C(=NO)[N+](=O)[O-])N1CCOCC1. The Bertz CT molecular complexity index is 295. The molecule has 1 rings (SSSR count). The van der Waals surface area contributed by atoms with E-state index in [1.807, 2.05) is 0 Å². The van der Waals surface area contributed by atoms with Gasteiger partial charge in [-0.1, -0.05) is 0 Å². The number of nitro groups is 1. The van der Waals surface area contributed by atoms with Crippen molar-refractivity contribution in [2.75, 3.05) is 33.4 Å². The summed E-state index contributed by atoms with van der Waals surface area (Å²) < 4.78 is 5.10. The van der Waals surface area contributed by atoms with E-state index in [4.69, 9.17) is 9.94 Å². The van der Waals surface area contributed by atoms with E-state index in [2.05, 4.69) is 10.1 Å². The highest BCUT2D eigenvalue weighted by Gasteiger charge is 2.28. The van der Waals surface area contributed by atoms with Crippen molar-refractivity contribution in [1.29, 1.82) is 0 Å². The molecule has 1 heterocycles. The molecule has 15 heavy (non-hydrogen) atoms. The van der Waals surface area contributed by atoms with E-state index in [0.29, 0.717) is 26.3 Å². The van der Waals surface area contributed by atoms with E-state index in [-0.39, 0.29) is 5.84 Å². The number of oxime groups is 1. The Labute approximate surface area is 86.0 Å². The lowest BCUT2D eigenvalue weighted by molar-refractivity contribution is -0.348. The number of rotatable bonds is 0. The van der Waals surface area contributed by atoms with Crippen molar-refractivity contribution < 1.29 is 14.9 Å². The fourth-order valence-electron chi connectivity index (χ4n) is 1.32. The van der Waals surface area contributed by atoms with Crippen LogP contribution in [0.4, 0.5) is 0 Å². The second-order valence-electron chi connectivity index (χ2n) is 2.83. The Balaban J connectivity index is 2.82. The van der Waals surface area contributed by atoms with Gasteiger partial charge in [0.25, 0.3) is 0 Å². The van der Waals surface area contributed by atoms with Crippen LogP contribution in [0.5, 0.6) is 0 Å². The Morgan fingerprint density at radius 3 is 2.53 bits per heavy atom. The van der Waals surface area contributed by atoms with E-state index in [0.717, 1.165) is 0 Å². The fourth-order valence-corrected chi connectivity index (χ4v) is 1.32. The maximum atomic E-state index is 10.5. The number of amidine groups is 2. The Kier molecular flexibility index (Phi) is 3.98. The van der Waals surface area contributed by atoms with Crippen LogP contribution >= 0.6 is 0 Å². The highest BCUT2D eigenvalue weighted by Crippen LogP contribution is 2.01. The lowest BCUT2D eigenvalue weighted by Gasteiger charge is -2.27. The zero-order valence-electron chi connectivity index (χ0n) is 8.29. The molecular formula is C7H12N4O4. The topological polar surface area (TPSA) is 101 Å². The molecule has 0 amide bonds. The average Bonchev–Trinajstić information content (AvgIpc) is 2.26. The molecule has 0 aromatic heterocycles. The molecule has 1 N–H and O–H groups in total. The normalized spacial score (nSPS) is 19.1. The highest BCUT2D eigenvalue weighted by atomic mass is 16.6. The van der Waals surface area contributed by atoms with Gasteiger partial charge in [0, 0.05) is 20.1 Å². The number of hydrogen-bond donors (Lipinski definition) is 1. The van der Waals surface area contributed by atoms with E-state index >= 15 is 0 Å². The van der Waals surface area contributed by atoms with Gasteiger partial charge < -0.3 is 25.0 Å². The van der Waals surface area contributed by atoms with Crippen LogP contribution in [0.1, 0.15) is 0 Å². The largest absolute Gasteiger partial charge is 0.451 e. The third-order valence-electron chi connectivity index (χ3n) is 1.99. The molecule has 0 aromatic rings. The van der Waals surface area contributed by atoms with Crippen molar-refractivity contribution in [3.05, 3.63) is 10.1 Å². The number of nitrogens with zero attached hydrogens (tertiary/aromatic N) is 4. The minimum absolute atomic E-state index is 0.0748. The first-order chi connectivity index (χ1) is 7.20. The summed E-state index contributed by atoms with van der Waals surface area (Å²) >= 11 is 0. The summed E-state index contributed by atoms with van der Waals surface area (Å²) in [4.78, 5) is 15.2. The van der Waals surface area contributed by atoms with Crippen LogP contribution in [0.2, 0.25) is 0 Å². The van der Waals surface area contributed by atoms with E-state index in [1.165, 1.54) is 7.05 Å². The molecule has 0 atom stereocenters. The quantitative estimate of drug-likeness (QED) is 0.192. The summed E-state index contributed by atoms with van der Waals surface area (Å²) in [5, 5.41) is 21.7. The van der Waals surface area contributed by atoms with Crippen LogP contribution in [0.3, 0.4) is 0 Å². The molecule has 1 fully saturated rings. The van der Waals surface area contributed by atoms with E-state index in [1.54, 1.807) is 4.90 Å². The van der Waals surface area contributed by atoms with Gasteiger partial charge in [-0.25, -0.2) is 0 Å². The molecule has 0 unspecified atom stereocenters. The molecule has 0 spiro atoms. The summed E-state index contributed by atoms with van der Waals surface area (Å²) in [5.41, 5.74) is 0. The smallest absolute Gasteiger partial charge is 0.378 e. The van der Waals surface area contributed by atoms with Crippen molar-refractivity contribution in [1.82, 2.24) is 4.90 Å². The standard InChI is InChI=1S/C7H12N4O4/c1-8-6(7(9-12)11(13)14)10-2-4-15-5-3-10/h12H,2-5H2,1H3. The molecule has 1 aliphatic rings. The molecule has 8 heteroatoms. The van der Waals surface area contributed by atoms with Gasteiger partial charge >= 0.3 is 5.84 Å². The molecule has 0 aliphatic carbocycles. The van der Waals surface area contributed by atoms with Crippen molar-refractivity contribution >= 4 is 11.7 Å². The number of morpholine rings is 1. The van der Waals surface area contributed by atoms with Gasteiger partial charge in [-0.15, -0.1) is 0 Å². The Hall–Kier alpha value is -1.70. The van der Waals surface area contributed by atoms with Crippen LogP contribution in [0.25, 0.3) is 0 Å². The van der Waals surface area contributed by atoms with Gasteiger partial charge in [0.05, 0.1) is 13.2 Å². The first-order valence-corrected chi connectivity index (χ1v) is 4.37. The molecule has 1 saturated heterocycles. The summed E-state index contributed by atoms with van der Waals surface area (Å²) in [5.74, 6) is -0.565. The zero-order valence-corrected chi connectivity index (χ0v) is 8.29. The van der Waals surface area contributed by atoms with E-state index in [9.17, 15) is 10.1 Å². The van der Waals surface area contributed by atoms with Crippen LogP contribution in [0.15, 0.2) is 10.1 Å². The summed E-state index contributed by atoms with van der Waals surface area (Å²) in [6.45, 7) is 1.96.